The van der Waals surface area contributed by atoms with Crippen LogP contribution < -0.4 is 24.2 Å². The summed E-state index contributed by atoms with van der Waals surface area (Å²) in [4.78, 5) is 0.220. The lowest BCUT2D eigenvalue weighted by Crippen LogP contribution is -2.29. The lowest BCUT2D eigenvalue weighted by molar-refractivity contribution is 0.341. The van der Waals surface area contributed by atoms with E-state index in [9.17, 15) is 8.42 Å². The number of fused-ring (bicyclic) bond motifs is 3. The van der Waals surface area contributed by atoms with E-state index in [0.717, 1.165) is 23.2 Å². The smallest absolute Gasteiger partial charge is 0.261 e. The molecule has 0 spiro atoms. The lowest BCUT2D eigenvalue weighted by Gasteiger charge is -2.38. The molecular formula is C27H28N2O5S. The number of anilines is 2. The van der Waals surface area contributed by atoms with Gasteiger partial charge in [-0.25, -0.2) is 8.42 Å². The largest absolute Gasteiger partial charge is 0.497 e. The van der Waals surface area contributed by atoms with E-state index in [-0.39, 0.29) is 22.8 Å². The third-order valence-corrected chi connectivity index (χ3v) is 8.11. The highest BCUT2D eigenvalue weighted by Crippen LogP contribution is 2.52. The maximum absolute atomic E-state index is 13.2. The molecule has 182 valence electrons. The molecule has 2 N–H and O–H groups in total. The minimum atomic E-state index is -3.78. The lowest BCUT2D eigenvalue weighted by atomic mass is 9.77. The molecule has 0 unspecified atom stereocenters. The molecule has 0 saturated carbocycles. The summed E-state index contributed by atoms with van der Waals surface area (Å²) in [5.74, 6) is 2.28. The molecule has 1 aliphatic heterocycles. The number of hydrogen-bond donors (Lipinski definition) is 2. The number of benzene rings is 3. The molecule has 8 heteroatoms. The topological polar surface area (TPSA) is 85.9 Å². The average molecular weight is 493 g/mol. The first kappa shape index (κ1) is 23.1. The number of ether oxygens (including phenoxy) is 3. The highest BCUT2D eigenvalue weighted by Gasteiger charge is 2.40. The van der Waals surface area contributed by atoms with Crippen molar-refractivity contribution in [1.29, 1.82) is 0 Å². The van der Waals surface area contributed by atoms with E-state index in [1.54, 1.807) is 57.7 Å². The Hall–Kier alpha value is -3.65. The Kier molecular flexibility index (Phi) is 6.06. The summed E-state index contributed by atoms with van der Waals surface area (Å²) in [6, 6.07) is 18.0. The Morgan fingerprint density at radius 2 is 1.74 bits per heavy atom. The zero-order chi connectivity index (χ0) is 24.6. The molecule has 0 fully saturated rings. The molecule has 1 aliphatic carbocycles. The third-order valence-electron chi connectivity index (χ3n) is 6.73. The van der Waals surface area contributed by atoms with Crippen LogP contribution in [0.25, 0.3) is 0 Å². The second-order valence-electron chi connectivity index (χ2n) is 8.64. The first-order valence-electron chi connectivity index (χ1n) is 11.4. The summed E-state index contributed by atoms with van der Waals surface area (Å²) in [6.45, 7) is 0. The van der Waals surface area contributed by atoms with Gasteiger partial charge in [0.1, 0.15) is 5.75 Å². The van der Waals surface area contributed by atoms with E-state index in [1.165, 1.54) is 0 Å². The number of allylic oxidation sites excluding steroid dienone is 2. The standard InChI is InChI=1S/C27H28N2O5S/c1-32-18-8-4-7-17(15-18)29-35(30,31)19-13-14-24-23(16-19)20-9-5-10-21(20)26(28-24)22-11-6-12-25(33-2)27(22)34-3/h4-9,11-16,20-21,26,28-29H,10H2,1-3H3/t20-,21+,26-/m0/s1. The molecule has 3 aromatic carbocycles. The molecule has 0 amide bonds. The van der Waals surface area contributed by atoms with Crippen LogP contribution in [0.4, 0.5) is 11.4 Å². The van der Waals surface area contributed by atoms with Crippen molar-refractivity contribution in [3.63, 3.8) is 0 Å². The fourth-order valence-electron chi connectivity index (χ4n) is 5.11. The van der Waals surface area contributed by atoms with Gasteiger partial charge in [0, 0.05) is 23.2 Å². The first-order valence-corrected chi connectivity index (χ1v) is 12.9. The van der Waals surface area contributed by atoms with Crippen LogP contribution in [-0.2, 0) is 10.0 Å². The first-order chi connectivity index (χ1) is 16.9. The van der Waals surface area contributed by atoms with Crippen molar-refractivity contribution in [2.24, 2.45) is 5.92 Å². The second kappa shape index (κ2) is 9.19. The summed E-state index contributed by atoms with van der Waals surface area (Å²) < 4.78 is 45.5. The van der Waals surface area contributed by atoms with Crippen LogP contribution in [-0.4, -0.2) is 29.7 Å². The summed E-state index contributed by atoms with van der Waals surface area (Å²) in [5.41, 5.74) is 3.35. The number of hydrogen-bond acceptors (Lipinski definition) is 6. The molecule has 0 saturated heterocycles. The number of para-hydroxylation sites is 1. The van der Waals surface area contributed by atoms with Crippen molar-refractivity contribution < 1.29 is 22.6 Å². The van der Waals surface area contributed by atoms with Gasteiger partial charge in [0.05, 0.1) is 38.0 Å². The van der Waals surface area contributed by atoms with Gasteiger partial charge >= 0.3 is 0 Å². The van der Waals surface area contributed by atoms with Crippen LogP contribution in [0.5, 0.6) is 17.2 Å². The molecule has 0 bridgehead atoms. The van der Waals surface area contributed by atoms with Crippen molar-refractivity contribution in [2.45, 2.75) is 23.3 Å². The van der Waals surface area contributed by atoms with Crippen LogP contribution in [0, 0.1) is 5.92 Å². The van der Waals surface area contributed by atoms with Crippen LogP contribution in [0.15, 0.2) is 77.7 Å². The summed E-state index contributed by atoms with van der Waals surface area (Å²) in [5, 5.41) is 3.65. The van der Waals surface area contributed by atoms with Gasteiger partial charge < -0.3 is 19.5 Å². The van der Waals surface area contributed by atoms with Gasteiger partial charge in [-0.1, -0.05) is 30.4 Å². The van der Waals surface area contributed by atoms with E-state index in [0.29, 0.717) is 22.9 Å². The normalized spacial score (nSPS) is 20.4. The molecule has 5 rings (SSSR count). The zero-order valence-electron chi connectivity index (χ0n) is 19.8. The molecule has 0 aromatic heterocycles. The van der Waals surface area contributed by atoms with Gasteiger partial charge in [-0.3, -0.25) is 4.72 Å². The third kappa shape index (κ3) is 4.18. The van der Waals surface area contributed by atoms with Gasteiger partial charge in [-0.2, -0.15) is 0 Å². The van der Waals surface area contributed by atoms with Crippen LogP contribution >= 0.6 is 0 Å². The highest BCUT2D eigenvalue weighted by atomic mass is 32.2. The Balaban J connectivity index is 1.50. The Bertz CT molecular complexity index is 1390. The van der Waals surface area contributed by atoms with Crippen LogP contribution in [0.2, 0.25) is 0 Å². The Morgan fingerprint density at radius 3 is 2.51 bits per heavy atom. The minimum absolute atomic E-state index is 0.00934. The van der Waals surface area contributed by atoms with Crippen molar-refractivity contribution in [1.82, 2.24) is 0 Å². The van der Waals surface area contributed by atoms with E-state index in [1.807, 2.05) is 18.2 Å². The van der Waals surface area contributed by atoms with Crippen molar-refractivity contribution in [3.8, 4) is 17.2 Å². The molecule has 3 atom stereocenters. The molecule has 35 heavy (non-hydrogen) atoms. The SMILES string of the molecule is COc1cccc(NS(=O)(=O)c2ccc3c(c2)[C@H]2C=CC[C@H]2[C@@H](c2cccc(OC)c2OC)N3)c1. The average Bonchev–Trinajstić information content (AvgIpc) is 3.37. The predicted octanol–water partition coefficient (Wildman–Crippen LogP) is 5.34. The Morgan fingerprint density at radius 1 is 0.914 bits per heavy atom. The van der Waals surface area contributed by atoms with E-state index >= 15 is 0 Å². The fraction of sp³-hybridized carbons (Fsp3) is 0.259. The molecule has 3 aromatic rings. The Labute approximate surface area is 205 Å². The predicted molar refractivity (Wildman–Crippen MR) is 136 cm³/mol. The summed E-state index contributed by atoms with van der Waals surface area (Å²) in [6.07, 6.45) is 5.22. The quantitative estimate of drug-likeness (QED) is 0.433. The van der Waals surface area contributed by atoms with Crippen molar-refractivity contribution >= 4 is 21.4 Å². The number of nitrogens with one attached hydrogen (secondary N) is 2. The second-order valence-corrected chi connectivity index (χ2v) is 10.3. The number of methoxy groups -OCH3 is 3. The van der Waals surface area contributed by atoms with E-state index in [4.69, 9.17) is 14.2 Å². The van der Waals surface area contributed by atoms with Gasteiger partial charge in [-0.05, 0) is 54.3 Å². The number of sulfonamides is 1. The maximum Gasteiger partial charge on any atom is 0.261 e. The fourth-order valence-corrected chi connectivity index (χ4v) is 6.19. The van der Waals surface area contributed by atoms with Crippen molar-refractivity contribution in [3.05, 3.63) is 83.9 Å². The van der Waals surface area contributed by atoms with Crippen molar-refractivity contribution in [2.75, 3.05) is 31.4 Å². The van der Waals surface area contributed by atoms with Gasteiger partial charge in [0.2, 0.25) is 0 Å². The summed E-state index contributed by atoms with van der Waals surface area (Å²) >= 11 is 0. The monoisotopic (exact) mass is 492 g/mol. The zero-order valence-corrected chi connectivity index (χ0v) is 20.6. The molecule has 1 heterocycles. The maximum atomic E-state index is 13.2. The van der Waals surface area contributed by atoms with E-state index in [2.05, 4.69) is 28.3 Å². The molecule has 2 aliphatic rings. The van der Waals surface area contributed by atoms with Gasteiger partial charge in [0.15, 0.2) is 11.5 Å². The van der Waals surface area contributed by atoms with Crippen LogP contribution in [0.3, 0.4) is 0 Å². The van der Waals surface area contributed by atoms with Gasteiger partial charge in [0.25, 0.3) is 10.0 Å². The van der Waals surface area contributed by atoms with Gasteiger partial charge in [-0.15, -0.1) is 0 Å². The molecule has 0 radical (unpaired) electrons. The van der Waals surface area contributed by atoms with E-state index < -0.39 is 10.0 Å². The molecular weight excluding hydrogens is 464 g/mol. The summed E-state index contributed by atoms with van der Waals surface area (Å²) in [7, 11) is 1.05. The minimum Gasteiger partial charge on any atom is -0.497 e. The van der Waals surface area contributed by atoms with Crippen LogP contribution in [0.1, 0.15) is 29.5 Å². The highest BCUT2D eigenvalue weighted by molar-refractivity contribution is 7.92. The number of rotatable bonds is 7. The molecule has 7 nitrogen and oxygen atoms in total.